The monoisotopic (exact) mass is 314 g/mol. The zero-order chi connectivity index (χ0) is 15.9. The Morgan fingerprint density at radius 1 is 0.458 bits per heavy atom. The SMILES string of the molecule is C1=Cc2cc3ccc(cc4ccc(cc5[15n]c(cc1[15n]2)C=C5)[15nH]4)[15nH]3. The van der Waals surface area contributed by atoms with E-state index in [1.54, 1.807) is 0 Å². The largest absolute Gasteiger partial charge is 0.355 e. The second-order valence-corrected chi connectivity index (χ2v) is 5.91. The van der Waals surface area contributed by atoms with Crippen LogP contribution in [0.15, 0.2) is 48.5 Å². The topological polar surface area (TPSA) is 57.4 Å². The molecule has 5 heterocycles. The highest BCUT2D eigenvalue weighted by molar-refractivity contribution is 5.77. The molecular weight excluding hydrogens is 300 g/mol. The van der Waals surface area contributed by atoms with Crippen LogP contribution in [0.1, 0.15) is 22.8 Å². The molecule has 5 rings (SSSR count). The summed E-state index contributed by atoms with van der Waals surface area (Å²) in [5.41, 5.74) is 7.86. The highest BCUT2D eigenvalue weighted by atomic mass is 15.5. The molecule has 0 fully saturated rings. The Labute approximate surface area is 138 Å². The maximum Gasteiger partial charge on any atom is 0.0659 e. The van der Waals surface area contributed by atoms with Crippen molar-refractivity contribution in [3.63, 3.8) is 0 Å². The molecule has 114 valence electrons. The van der Waals surface area contributed by atoms with Gasteiger partial charge in [-0.15, -0.1) is 0 Å². The molecular formula is C20H14N4. The van der Waals surface area contributed by atoms with Crippen LogP contribution >= 0.6 is 0 Å². The Morgan fingerprint density at radius 3 is 1.29 bits per heavy atom. The van der Waals surface area contributed by atoms with Gasteiger partial charge in [-0.1, -0.05) is 0 Å². The van der Waals surface area contributed by atoms with Crippen LogP contribution in [0.25, 0.3) is 46.4 Å². The molecule has 0 unspecified atom stereocenters. The van der Waals surface area contributed by atoms with Gasteiger partial charge in [0.2, 0.25) is 0 Å². The minimum absolute atomic E-state index is 0.915. The van der Waals surface area contributed by atoms with Crippen molar-refractivity contribution < 1.29 is 0 Å². The third-order valence-corrected chi connectivity index (χ3v) is 4.04. The second-order valence-electron chi connectivity index (χ2n) is 5.91. The molecule has 4 heteroatoms. The summed E-state index contributed by atoms with van der Waals surface area (Å²) in [7, 11) is 0. The molecule has 2 N–H and O–H groups in total. The van der Waals surface area contributed by atoms with Crippen LogP contribution in [0.5, 0.6) is 0 Å². The number of rotatable bonds is 0. The van der Waals surface area contributed by atoms with Crippen molar-refractivity contribution >= 4 is 46.4 Å². The molecule has 3 aromatic rings. The number of H-pyrrole nitrogens is 2. The number of nitrogens with one attached hydrogen (secondary N) is 2. The zero-order valence-electron chi connectivity index (χ0n) is 12.8. The lowest BCUT2D eigenvalue weighted by Gasteiger charge is -1.86. The van der Waals surface area contributed by atoms with Gasteiger partial charge in [0.15, 0.2) is 0 Å². The first-order valence-electron chi connectivity index (χ1n) is 7.85. The van der Waals surface area contributed by atoms with Crippen LogP contribution in [-0.2, 0) is 0 Å². The molecule has 8 bridgehead atoms. The first-order valence-corrected chi connectivity index (χ1v) is 7.85. The third-order valence-electron chi connectivity index (χ3n) is 4.04. The lowest BCUT2D eigenvalue weighted by Crippen LogP contribution is -1.77. The first-order chi connectivity index (χ1) is 11.8. The predicted octanol–water partition coefficient (Wildman–Crippen LogP) is 4.66. The van der Waals surface area contributed by atoms with Crippen LogP contribution in [0.4, 0.5) is 0 Å². The van der Waals surface area contributed by atoms with Crippen molar-refractivity contribution in [3.05, 3.63) is 71.3 Å². The van der Waals surface area contributed by atoms with Crippen molar-refractivity contribution in [2.24, 2.45) is 0 Å². The standard InChI is InChI=1S/C20H14N4/c1-2-14-10-16-5-6-18(23-16)12-20-8-7-19(24-20)11-17-4-3-15(22-17)9-13(1)21-14/h1-12,21-22H/i21+1,22+1,23+1,24+1. The summed E-state index contributed by atoms with van der Waals surface area (Å²) >= 11 is 0. The van der Waals surface area contributed by atoms with E-state index in [4.69, 9.17) is 0 Å². The minimum atomic E-state index is 0.915. The van der Waals surface area contributed by atoms with E-state index in [-0.39, 0.29) is 0 Å². The average Bonchev–Trinajstić information content (AvgIpc) is 3.32. The fourth-order valence-electron chi connectivity index (χ4n) is 2.94. The van der Waals surface area contributed by atoms with E-state index in [1.165, 1.54) is 0 Å². The normalized spacial score (nSPS) is 12.7. The second kappa shape index (κ2) is 5.06. The summed E-state index contributed by atoms with van der Waals surface area (Å²) in [5, 5.41) is 0. The first kappa shape index (κ1) is 13.1. The Morgan fingerprint density at radius 2 is 0.833 bits per heavy atom. The van der Waals surface area contributed by atoms with Gasteiger partial charge >= 0.3 is 0 Å². The van der Waals surface area contributed by atoms with Crippen molar-refractivity contribution in [1.29, 1.82) is 0 Å². The molecule has 4 nitrogen and oxygen atoms in total. The Kier molecular flexibility index (Phi) is 2.76. The van der Waals surface area contributed by atoms with Crippen molar-refractivity contribution in [1.82, 2.24) is 19.9 Å². The van der Waals surface area contributed by atoms with Crippen LogP contribution in [0.2, 0.25) is 0 Å². The molecule has 0 saturated heterocycles. The van der Waals surface area contributed by atoms with E-state index in [1.807, 2.05) is 42.5 Å². The van der Waals surface area contributed by atoms with Crippen LogP contribution in [0.3, 0.4) is 0 Å². The van der Waals surface area contributed by atoms with Gasteiger partial charge in [-0.3, -0.25) is 0 Å². The summed E-state index contributed by atoms with van der Waals surface area (Å²) in [4.78, 5) is 16.0. The summed E-state index contributed by atoms with van der Waals surface area (Å²) in [5.74, 6) is 0. The summed E-state index contributed by atoms with van der Waals surface area (Å²) in [6, 6.07) is 16.4. The number of fused-ring (bicyclic) bond motifs is 8. The van der Waals surface area contributed by atoms with Gasteiger partial charge in [-0.25, -0.2) is 9.97 Å². The highest BCUT2D eigenvalue weighted by Gasteiger charge is 2.02. The molecule has 0 radical (unpaired) electrons. The van der Waals surface area contributed by atoms with Crippen molar-refractivity contribution in [2.45, 2.75) is 0 Å². The van der Waals surface area contributed by atoms with E-state index in [2.05, 4.69) is 50.3 Å². The average molecular weight is 314 g/mol. The van der Waals surface area contributed by atoms with Crippen LogP contribution < -0.4 is 0 Å². The maximum atomic E-state index is 4.62. The number of hydrogen-bond donors (Lipinski definition) is 2. The number of nitrogens with zero attached hydrogens (tertiary/aromatic N) is 2. The van der Waals surface area contributed by atoms with Gasteiger partial charge in [0.25, 0.3) is 0 Å². The Hall–Kier alpha value is -3.40. The quantitative estimate of drug-likeness (QED) is 0.437. The Bertz CT molecular complexity index is 1070. The molecule has 0 saturated carbocycles. The summed E-state index contributed by atoms with van der Waals surface area (Å²) < 4.78 is 0. The predicted molar refractivity (Wildman–Crippen MR) is 98.9 cm³/mol. The molecule has 0 spiro atoms. The van der Waals surface area contributed by atoms with Crippen molar-refractivity contribution in [2.75, 3.05) is 0 Å². The van der Waals surface area contributed by atoms with E-state index in [9.17, 15) is 0 Å². The molecule has 0 amide bonds. The minimum Gasteiger partial charge on any atom is -0.355 e. The molecule has 0 aromatic carbocycles. The summed E-state index contributed by atoms with van der Waals surface area (Å²) in [6.45, 7) is 0. The molecule has 3 aromatic heterocycles. The summed E-state index contributed by atoms with van der Waals surface area (Å²) in [6.07, 6.45) is 8.05. The van der Waals surface area contributed by atoms with Crippen LogP contribution in [0, 0.1) is 0 Å². The fraction of sp³-hybridized carbons (Fsp3) is 0. The zero-order valence-corrected chi connectivity index (χ0v) is 12.8. The maximum absolute atomic E-state index is 4.62. The number of aromatic nitrogens is 4. The number of hydrogen-bond acceptors (Lipinski definition) is 2. The van der Waals surface area contributed by atoms with Gasteiger partial charge in [-0.2, -0.15) is 0 Å². The molecule has 24 heavy (non-hydrogen) atoms. The van der Waals surface area contributed by atoms with E-state index >= 15 is 0 Å². The van der Waals surface area contributed by atoms with E-state index < -0.39 is 0 Å². The molecule has 0 aliphatic carbocycles. The van der Waals surface area contributed by atoms with Gasteiger partial charge in [-0.05, 0) is 72.8 Å². The smallest absolute Gasteiger partial charge is 0.0659 e. The Balaban J connectivity index is 1.85. The molecule has 2 aliphatic heterocycles. The van der Waals surface area contributed by atoms with E-state index in [0.717, 1.165) is 44.8 Å². The van der Waals surface area contributed by atoms with Gasteiger partial charge in [0, 0.05) is 22.1 Å². The van der Waals surface area contributed by atoms with Crippen molar-refractivity contribution in [3.8, 4) is 0 Å². The van der Waals surface area contributed by atoms with Gasteiger partial charge < -0.3 is 9.97 Å². The number of aromatic amines is 2. The lowest BCUT2D eigenvalue weighted by atomic mass is 10.3. The van der Waals surface area contributed by atoms with Gasteiger partial charge in [0.05, 0.1) is 22.8 Å². The third kappa shape index (κ3) is 2.44. The van der Waals surface area contributed by atoms with E-state index in [0.29, 0.717) is 0 Å². The van der Waals surface area contributed by atoms with Gasteiger partial charge in [0.1, 0.15) is 0 Å². The lowest BCUT2D eigenvalue weighted by molar-refractivity contribution is 1.28. The van der Waals surface area contributed by atoms with Crippen LogP contribution in [-0.4, -0.2) is 19.9 Å². The molecule has 0 atom stereocenters. The fourth-order valence-corrected chi connectivity index (χ4v) is 2.94. The highest BCUT2D eigenvalue weighted by Crippen LogP contribution is 2.17. The molecule has 2 aliphatic rings.